The van der Waals surface area contributed by atoms with Gasteiger partial charge in [-0.05, 0) is 18.8 Å². The van der Waals surface area contributed by atoms with E-state index in [1.54, 1.807) is 0 Å². The normalized spacial score (nSPS) is 17.3. The van der Waals surface area contributed by atoms with Crippen LogP contribution in [0.15, 0.2) is 0 Å². The van der Waals surface area contributed by atoms with Gasteiger partial charge in [0.1, 0.15) is 0 Å². The van der Waals surface area contributed by atoms with E-state index in [0.717, 1.165) is 12.8 Å². The van der Waals surface area contributed by atoms with Crippen molar-refractivity contribution in [3.63, 3.8) is 0 Å². The van der Waals surface area contributed by atoms with Crippen LogP contribution in [0.2, 0.25) is 0 Å². The van der Waals surface area contributed by atoms with Crippen LogP contribution in [0.1, 0.15) is 40.0 Å². The maximum atomic E-state index is 9.26. The summed E-state index contributed by atoms with van der Waals surface area (Å²) in [6.45, 7) is 6.29. The molecule has 2 atom stereocenters. The van der Waals surface area contributed by atoms with E-state index < -0.39 is 0 Å². The van der Waals surface area contributed by atoms with E-state index in [9.17, 15) is 5.11 Å². The third-order valence-electron chi connectivity index (χ3n) is 1.82. The van der Waals surface area contributed by atoms with Crippen LogP contribution in [-0.4, -0.2) is 11.2 Å². The fourth-order valence-electron chi connectivity index (χ4n) is 1.05. The van der Waals surface area contributed by atoms with Gasteiger partial charge in [-0.3, -0.25) is 0 Å². The molecule has 0 aliphatic heterocycles. The largest absolute Gasteiger partial charge is 0.393 e. The first kappa shape index (κ1) is 8.96. The molecule has 0 aromatic rings. The van der Waals surface area contributed by atoms with Crippen LogP contribution in [0.25, 0.3) is 0 Å². The Morgan fingerprint density at radius 1 is 1.33 bits per heavy atom. The van der Waals surface area contributed by atoms with Crippen molar-refractivity contribution >= 4 is 0 Å². The summed E-state index contributed by atoms with van der Waals surface area (Å²) in [5.74, 6) is 0.486. The van der Waals surface area contributed by atoms with E-state index in [1.165, 1.54) is 6.42 Å². The van der Waals surface area contributed by atoms with Crippen LogP contribution in [0.3, 0.4) is 0 Å². The fourth-order valence-corrected chi connectivity index (χ4v) is 1.05. The molecule has 0 radical (unpaired) electrons. The second kappa shape index (κ2) is 4.80. The van der Waals surface area contributed by atoms with Crippen molar-refractivity contribution in [3.8, 4) is 0 Å². The smallest absolute Gasteiger partial charge is 0.0563 e. The van der Waals surface area contributed by atoms with Gasteiger partial charge >= 0.3 is 0 Å². The minimum Gasteiger partial charge on any atom is -0.393 e. The summed E-state index contributed by atoms with van der Waals surface area (Å²) in [5, 5.41) is 9.26. The van der Waals surface area contributed by atoms with Crippen LogP contribution in [0.5, 0.6) is 0 Å². The molecule has 0 spiro atoms. The Morgan fingerprint density at radius 2 is 1.89 bits per heavy atom. The molecule has 1 nitrogen and oxygen atoms in total. The molecule has 0 saturated carbocycles. The van der Waals surface area contributed by atoms with Crippen molar-refractivity contribution in [3.05, 3.63) is 0 Å². The second-order valence-corrected chi connectivity index (χ2v) is 2.74. The first-order chi connectivity index (χ1) is 4.22. The maximum Gasteiger partial charge on any atom is 0.0563 e. The zero-order valence-corrected chi connectivity index (χ0v) is 6.72. The van der Waals surface area contributed by atoms with Crippen LogP contribution in [0.4, 0.5) is 0 Å². The first-order valence-electron chi connectivity index (χ1n) is 3.90. The Bertz CT molecular complexity index is 61.6. The monoisotopic (exact) mass is 130 g/mol. The highest BCUT2D eigenvalue weighted by atomic mass is 16.3. The molecule has 1 unspecified atom stereocenters. The molecule has 56 valence electrons. The summed E-state index contributed by atoms with van der Waals surface area (Å²) < 4.78 is 0. The van der Waals surface area contributed by atoms with E-state index in [1.807, 2.05) is 6.92 Å². The highest BCUT2D eigenvalue weighted by Crippen LogP contribution is 2.12. The number of aliphatic hydroxyl groups is 1. The lowest BCUT2D eigenvalue weighted by molar-refractivity contribution is 0.107. The Labute approximate surface area is 58.1 Å². The van der Waals surface area contributed by atoms with Crippen LogP contribution < -0.4 is 0 Å². The van der Waals surface area contributed by atoms with Gasteiger partial charge in [0.15, 0.2) is 0 Å². The molecule has 1 N–H and O–H groups in total. The molecular weight excluding hydrogens is 112 g/mol. The molecule has 0 saturated heterocycles. The first-order valence-corrected chi connectivity index (χ1v) is 3.90. The van der Waals surface area contributed by atoms with E-state index in [-0.39, 0.29) is 6.10 Å². The van der Waals surface area contributed by atoms with Crippen molar-refractivity contribution in [2.75, 3.05) is 0 Å². The third-order valence-corrected chi connectivity index (χ3v) is 1.82. The van der Waals surface area contributed by atoms with Gasteiger partial charge in [0.05, 0.1) is 6.10 Å². The Hall–Kier alpha value is -0.0400. The Kier molecular flexibility index (Phi) is 4.78. The zero-order chi connectivity index (χ0) is 7.28. The van der Waals surface area contributed by atoms with Gasteiger partial charge in [0.25, 0.3) is 0 Å². The van der Waals surface area contributed by atoms with Gasteiger partial charge in [-0.1, -0.05) is 27.2 Å². The molecule has 0 aliphatic carbocycles. The van der Waals surface area contributed by atoms with Crippen molar-refractivity contribution in [1.29, 1.82) is 0 Å². The predicted molar refractivity (Wildman–Crippen MR) is 40.4 cm³/mol. The highest BCUT2D eigenvalue weighted by Gasteiger charge is 2.09. The molecule has 0 aromatic carbocycles. The minimum atomic E-state index is -0.0788. The quantitative estimate of drug-likeness (QED) is 0.618. The summed E-state index contributed by atoms with van der Waals surface area (Å²) in [7, 11) is 0. The van der Waals surface area contributed by atoms with E-state index in [2.05, 4.69) is 13.8 Å². The van der Waals surface area contributed by atoms with Gasteiger partial charge in [0, 0.05) is 0 Å². The molecule has 9 heavy (non-hydrogen) atoms. The van der Waals surface area contributed by atoms with Crippen molar-refractivity contribution in [1.82, 2.24) is 0 Å². The zero-order valence-electron chi connectivity index (χ0n) is 6.72. The Balaban J connectivity index is 3.32. The molecule has 0 aromatic heterocycles. The lowest BCUT2D eigenvalue weighted by Gasteiger charge is -2.15. The molecule has 0 amide bonds. The minimum absolute atomic E-state index is 0.0788. The molecular formula is C8H18O. The molecule has 1 heteroatoms. The summed E-state index contributed by atoms with van der Waals surface area (Å²) in [4.78, 5) is 0. The maximum absolute atomic E-state index is 9.26. The lowest BCUT2D eigenvalue weighted by atomic mass is 9.98. The fraction of sp³-hybridized carbons (Fsp3) is 1.00. The number of hydrogen-bond acceptors (Lipinski definition) is 1. The molecule has 0 fully saturated rings. The number of hydrogen-bond donors (Lipinski definition) is 1. The van der Waals surface area contributed by atoms with Gasteiger partial charge in [-0.25, -0.2) is 0 Å². The van der Waals surface area contributed by atoms with Crippen molar-refractivity contribution in [2.24, 2.45) is 5.92 Å². The predicted octanol–water partition coefficient (Wildman–Crippen LogP) is 2.19. The van der Waals surface area contributed by atoms with E-state index in [4.69, 9.17) is 0 Å². The highest BCUT2D eigenvalue weighted by molar-refractivity contribution is 4.60. The lowest BCUT2D eigenvalue weighted by Crippen LogP contribution is -2.15. The molecule has 0 heterocycles. The standard InChI is InChI=1S/C8H18O/c1-4-6-7(3)8(9)5-2/h7-9H,4-6H2,1-3H3/t7-,8?/m1/s1. The van der Waals surface area contributed by atoms with Crippen molar-refractivity contribution in [2.45, 2.75) is 46.1 Å². The SMILES string of the molecule is CCC[C@@H](C)C(O)CC. The van der Waals surface area contributed by atoms with E-state index >= 15 is 0 Å². The molecule has 0 aliphatic rings. The van der Waals surface area contributed by atoms with Crippen LogP contribution in [-0.2, 0) is 0 Å². The summed E-state index contributed by atoms with van der Waals surface area (Å²) in [6, 6.07) is 0. The summed E-state index contributed by atoms with van der Waals surface area (Å²) >= 11 is 0. The van der Waals surface area contributed by atoms with E-state index in [0.29, 0.717) is 5.92 Å². The molecule has 0 bridgehead atoms. The van der Waals surface area contributed by atoms with Gasteiger partial charge in [-0.15, -0.1) is 0 Å². The Morgan fingerprint density at radius 3 is 2.22 bits per heavy atom. The number of rotatable bonds is 4. The van der Waals surface area contributed by atoms with Gasteiger partial charge < -0.3 is 5.11 Å². The van der Waals surface area contributed by atoms with Crippen LogP contribution in [0, 0.1) is 5.92 Å². The number of aliphatic hydroxyl groups excluding tert-OH is 1. The summed E-state index contributed by atoms with van der Waals surface area (Å²) in [5.41, 5.74) is 0. The van der Waals surface area contributed by atoms with Gasteiger partial charge in [0.2, 0.25) is 0 Å². The van der Waals surface area contributed by atoms with Crippen molar-refractivity contribution < 1.29 is 5.11 Å². The summed E-state index contributed by atoms with van der Waals surface area (Å²) in [6.07, 6.45) is 3.14. The second-order valence-electron chi connectivity index (χ2n) is 2.74. The third kappa shape index (κ3) is 3.52. The average Bonchev–Trinajstić information content (AvgIpc) is 1.87. The van der Waals surface area contributed by atoms with Crippen LogP contribution >= 0.6 is 0 Å². The van der Waals surface area contributed by atoms with Gasteiger partial charge in [-0.2, -0.15) is 0 Å². The topological polar surface area (TPSA) is 20.2 Å². The molecule has 0 rings (SSSR count). The average molecular weight is 130 g/mol.